The van der Waals surface area contributed by atoms with Gasteiger partial charge in [-0.05, 0) is 37.5 Å². The third kappa shape index (κ3) is 10.2. The zero-order valence-corrected chi connectivity index (χ0v) is 32.6. The summed E-state index contributed by atoms with van der Waals surface area (Å²) in [6.07, 6.45) is 11.0. The van der Waals surface area contributed by atoms with E-state index in [0.29, 0.717) is 35.4 Å². The summed E-state index contributed by atoms with van der Waals surface area (Å²) in [7, 11) is 0. The van der Waals surface area contributed by atoms with Gasteiger partial charge in [-0.1, -0.05) is 167 Å². The molecule has 3 unspecified atom stereocenters. The number of esters is 1. The lowest BCUT2D eigenvalue weighted by atomic mass is 9.79. The molecule has 1 heterocycles. The highest BCUT2D eigenvalue weighted by atomic mass is 35.5. The second-order valence-corrected chi connectivity index (χ2v) is 14.6. The highest BCUT2D eigenvalue weighted by Crippen LogP contribution is 2.44. The average Bonchev–Trinajstić information content (AvgIpc) is 3.59. The molecule has 284 valence electrons. The monoisotopic (exact) mass is 747 g/mol. The number of para-hydroxylation sites is 1. The first kappa shape index (κ1) is 40.3. The van der Waals surface area contributed by atoms with Crippen LogP contribution in [0.25, 0.3) is 10.9 Å². The van der Waals surface area contributed by atoms with Gasteiger partial charge in [-0.25, -0.2) is 4.79 Å². The van der Waals surface area contributed by atoms with Crippen LogP contribution < -0.4 is 10.6 Å². The first-order valence-electron chi connectivity index (χ1n) is 19.5. The van der Waals surface area contributed by atoms with Gasteiger partial charge in [0, 0.05) is 51.7 Å². The fourth-order valence-electron chi connectivity index (χ4n) is 7.13. The molecule has 4 aromatic carbocycles. The number of amides is 2. The lowest BCUT2D eigenvalue weighted by molar-refractivity contribution is -0.157. The molecular weight excluding hydrogens is 694 g/mol. The molecule has 5 rings (SSSR count). The van der Waals surface area contributed by atoms with E-state index in [1.165, 1.54) is 25.7 Å². The Bertz CT molecular complexity index is 1960. The highest BCUT2D eigenvalue weighted by Gasteiger charge is 2.43. The van der Waals surface area contributed by atoms with Crippen molar-refractivity contribution in [2.75, 3.05) is 0 Å². The van der Waals surface area contributed by atoms with Crippen molar-refractivity contribution < 1.29 is 19.1 Å². The minimum atomic E-state index is -1.42. The van der Waals surface area contributed by atoms with E-state index in [2.05, 4.69) is 22.5 Å². The summed E-state index contributed by atoms with van der Waals surface area (Å²) in [5.74, 6) is -1.23. The molecule has 3 N–H and O–H groups in total. The van der Waals surface area contributed by atoms with Crippen LogP contribution in [0.3, 0.4) is 0 Å². The number of hydrogen-bond donors (Lipinski definition) is 3. The Kier molecular flexibility index (Phi) is 14.9. The zero-order chi connectivity index (χ0) is 38.3. The maximum Gasteiger partial charge on any atom is 0.330 e. The fraction of sp³-hybridized carbons (Fsp3) is 0.370. The minimum absolute atomic E-state index is 0.181. The largest absolute Gasteiger partial charge is 0.443 e. The molecule has 0 saturated carbocycles. The molecule has 0 saturated heterocycles. The molecule has 0 radical (unpaired) electrons. The number of benzene rings is 4. The van der Waals surface area contributed by atoms with Crippen molar-refractivity contribution in [1.29, 1.82) is 0 Å². The molecule has 0 aliphatic heterocycles. The van der Waals surface area contributed by atoms with Crippen LogP contribution in [0.15, 0.2) is 109 Å². The zero-order valence-electron chi connectivity index (χ0n) is 31.8. The minimum Gasteiger partial charge on any atom is -0.443 e. The smallest absolute Gasteiger partial charge is 0.330 e. The number of carbonyl (C=O) groups excluding carboxylic acids is 3. The SMILES string of the molecule is CCCCCCCCCC(=O)NC(Cc1c[nH]c2ccccc12)C(=O)NC(CCC)C(=O)OC(c1ccccc1)(c1ccc(C)cc1)c1ccccc1Cl. The van der Waals surface area contributed by atoms with E-state index < -0.39 is 29.6 Å². The number of H-pyrrole nitrogens is 1. The molecule has 7 nitrogen and oxygen atoms in total. The van der Waals surface area contributed by atoms with Crippen LogP contribution in [-0.4, -0.2) is 34.9 Å². The van der Waals surface area contributed by atoms with Gasteiger partial charge in [0.25, 0.3) is 0 Å². The summed E-state index contributed by atoms with van der Waals surface area (Å²) in [5, 5.41) is 7.45. The second kappa shape index (κ2) is 20.0. The van der Waals surface area contributed by atoms with Crippen LogP contribution in [0.5, 0.6) is 0 Å². The van der Waals surface area contributed by atoms with E-state index in [0.717, 1.165) is 46.9 Å². The predicted octanol–water partition coefficient (Wildman–Crippen LogP) is 10.1. The molecule has 2 amide bonds. The Hall–Kier alpha value is -4.88. The maximum absolute atomic E-state index is 14.6. The Labute approximate surface area is 325 Å². The number of aromatic nitrogens is 1. The van der Waals surface area contributed by atoms with Crippen LogP contribution in [0.2, 0.25) is 5.02 Å². The number of carbonyl (C=O) groups is 3. The van der Waals surface area contributed by atoms with E-state index in [9.17, 15) is 14.4 Å². The maximum atomic E-state index is 14.6. The number of ether oxygens (including phenoxy) is 1. The van der Waals surface area contributed by atoms with Gasteiger partial charge < -0.3 is 20.4 Å². The van der Waals surface area contributed by atoms with Gasteiger partial charge in [0.05, 0.1) is 0 Å². The van der Waals surface area contributed by atoms with Crippen LogP contribution in [0.4, 0.5) is 0 Å². The van der Waals surface area contributed by atoms with E-state index in [-0.39, 0.29) is 12.3 Å². The number of fused-ring (bicyclic) bond motifs is 1. The molecule has 54 heavy (non-hydrogen) atoms. The van der Waals surface area contributed by atoms with Crippen LogP contribution in [-0.2, 0) is 31.1 Å². The molecule has 0 spiro atoms. The summed E-state index contributed by atoms with van der Waals surface area (Å²) in [6, 6.07) is 30.7. The van der Waals surface area contributed by atoms with Gasteiger partial charge in [0.1, 0.15) is 12.1 Å². The number of aromatic amines is 1. The van der Waals surface area contributed by atoms with E-state index in [1.807, 2.05) is 117 Å². The molecule has 0 bridgehead atoms. The quantitative estimate of drug-likeness (QED) is 0.0419. The van der Waals surface area contributed by atoms with Gasteiger partial charge >= 0.3 is 5.97 Å². The van der Waals surface area contributed by atoms with Crippen molar-refractivity contribution in [3.8, 4) is 0 Å². The number of aryl methyl sites for hydroxylation is 1. The third-order valence-electron chi connectivity index (χ3n) is 10.1. The van der Waals surface area contributed by atoms with Gasteiger partial charge in [-0.3, -0.25) is 9.59 Å². The summed E-state index contributed by atoms with van der Waals surface area (Å²) < 4.78 is 6.73. The topological polar surface area (TPSA) is 100 Å². The number of nitrogens with one attached hydrogen (secondary N) is 3. The van der Waals surface area contributed by atoms with Gasteiger partial charge in [-0.2, -0.15) is 0 Å². The van der Waals surface area contributed by atoms with Crippen molar-refractivity contribution in [2.45, 2.75) is 109 Å². The van der Waals surface area contributed by atoms with Crippen LogP contribution in [0.1, 0.15) is 106 Å². The van der Waals surface area contributed by atoms with Crippen molar-refractivity contribution in [2.24, 2.45) is 0 Å². The van der Waals surface area contributed by atoms with E-state index >= 15 is 0 Å². The Morgan fingerprint density at radius 3 is 2.09 bits per heavy atom. The standard InChI is InChI=1S/C46H54ClN3O4/c1-4-6-7-8-9-10-14-26-43(51)49-42(31-34-32-48-40-25-18-15-22-37(34)40)44(52)50-41(19-5-2)45(53)54-46(35-20-12-11-13-21-35,36-29-27-33(3)28-30-36)38-23-16-17-24-39(38)47/h11-13,15-18,20-25,27-30,32,41-42,48H,4-10,14,19,26,31H2,1-3H3,(H,49,51)(H,50,52). The van der Waals surface area contributed by atoms with Gasteiger partial charge in [0.15, 0.2) is 5.60 Å². The third-order valence-corrected chi connectivity index (χ3v) is 10.4. The Morgan fingerprint density at radius 1 is 0.722 bits per heavy atom. The van der Waals surface area contributed by atoms with Crippen LogP contribution >= 0.6 is 11.6 Å². The lowest BCUT2D eigenvalue weighted by Gasteiger charge is -2.37. The van der Waals surface area contributed by atoms with Crippen molar-refractivity contribution in [3.63, 3.8) is 0 Å². The number of unbranched alkanes of at least 4 members (excludes halogenated alkanes) is 6. The van der Waals surface area contributed by atoms with E-state index in [4.69, 9.17) is 16.3 Å². The Balaban J connectivity index is 1.43. The number of halogens is 1. The summed E-state index contributed by atoms with van der Waals surface area (Å²) in [4.78, 5) is 45.5. The first-order valence-corrected chi connectivity index (χ1v) is 19.9. The number of rotatable bonds is 20. The molecule has 8 heteroatoms. The predicted molar refractivity (Wildman–Crippen MR) is 218 cm³/mol. The average molecular weight is 748 g/mol. The van der Waals surface area contributed by atoms with Gasteiger partial charge in [0.2, 0.25) is 11.8 Å². The second-order valence-electron chi connectivity index (χ2n) is 14.2. The Morgan fingerprint density at radius 2 is 1.37 bits per heavy atom. The van der Waals surface area contributed by atoms with Crippen molar-refractivity contribution in [1.82, 2.24) is 15.6 Å². The normalized spacial score (nSPS) is 13.5. The lowest BCUT2D eigenvalue weighted by Crippen LogP contribution is -2.53. The number of hydrogen-bond acceptors (Lipinski definition) is 4. The first-order chi connectivity index (χ1) is 26.3. The summed E-state index contributed by atoms with van der Waals surface area (Å²) in [6.45, 7) is 6.16. The molecule has 0 aliphatic carbocycles. The van der Waals surface area contributed by atoms with Crippen molar-refractivity contribution >= 4 is 40.3 Å². The highest BCUT2D eigenvalue weighted by molar-refractivity contribution is 6.31. The molecule has 1 aromatic heterocycles. The molecule has 0 fully saturated rings. The molecule has 3 atom stereocenters. The molecule has 5 aromatic rings. The van der Waals surface area contributed by atoms with Gasteiger partial charge in [-0.15, -0.1) is 0 Å². The molecule has 0 aliphatic rings. The summed E-state index contributed by atoms with van der Waals surface area (Å²) in [5.41, 5.74) is 3.52. The summed E-state index contributed by atoms with van der Waals surface area (Å²) >= 11 is 6.92. The fourth-order valence-corrected chi connectivity index (χ4v) is 7.40. The van der Waals surface area contributed by atoms with E-state index in [1.54, 1.807) is 6.07 Å². The van der Waals surface area contributed by atoms with Crippen LogP contribution in [0, 0.1) is 6.92 Å². The molecular formula is C46H54ClN3O4. The van der Waals surface area contributed by atoms with Crippen molar-refractivity contribution in [3.05, 3.63) is 142 Å².